The average molecular weight is 219 g/mol. The SMILES string of the molecule is NC(=O)c1cc(NCC(F)(F)F)ccn1. The Morgan fingerprint density at radius 3 is 2.73 bits per heavy atom. The number of hydrogen-bond donors (Lipinski definition) is 2. The fraction of sp³-hybridized carbons (Fsp3) is 0.250. The van der Waals surface area contributed by atoms with Crippen molar-refractivity contribution in [1.82, 2.24) is 4.98 Å². The normalized spacial score (nSPS) is 11.1. The van der Waals surface area contributed by atoms with E-state index < -0.39 is 18.6 Å². The first-order valence-corrected chi connectivity index (χ1v) is 3.95. The van der Waals surface area contributed by atoms with E-state index in [4.69, 9.17) is 5.73 Å². The average Bonchev–Trinajstić information content (AvgIpc) is 2.14. The van der Waals surface area contributed by atoms with E-state index in [1.165, 1.54) is 12.3 Å². The largest absolute Gasteiger partial charge is 0.405 e. The molecule has 0 radical (unpaired) electrons. The van der Waals surface area contributed by atoms with Gasteiger partial charge in [0, 0.05) is 11.9 Å². The Labute approximate surface area is 83.3 Å². The zero-order valence-corrected chi connectivity index (χ0v) is 7.51. The van der Waals surface area contributed by atoms with Crippen LogP contribution in [0.1, 0.15) is 10.5 Å². The number of nitrogens with zero attached hydrogens (tertiary/aromatic N) is 1. The van der Waals surface area contributed by atoms with Gasteiger partial charge >= 0.3 is 6.18 Å². The van der Waals surface area contributed by atoms with Crippen molar-refractivity contribution in [2.24, 2.45) is 5.73 Å². The number of pyridine rings is 1. The molecule has 3 N–H and O–H groups in total. The number of carbonyl (C=O) groups excluding carboxylic acids is 1. The van der Waals surface area contributed by atoms with Crippen LogP contribution in [0, 0.1) is 0 Å². The standard InChI is InChI=1S/C8H8F3N3O/c9-8(10,11)4-14-5-1-2-13-6(3-5)7(12)15/h1-3H,4H2,(H2,12,15)(H,13,14). The number of aromatic nitrogens is 1. The summed E-state index contributed by atoms with van der Waals surface area (Å²) in [4.78, 5) is 14.3. The van der Waals surface area contributed by atoms with Crippen LogP contribution < -0.4 is 11.1 Å². The van der Waals surface area contributed by atoms with Crippen molar-refractivity contribution in [1.29, 1.82) is 0 Å². The molecule has 15 heavy (non-hydrogen) atoms. The second-order valence-corrected chi connectivity index (χ2v) is 2.76. The van der Waals surface area contributed by atoms with Crippen LogP contribution in [0.25, 0.3) is 0 Å². The van der Waals surface area contributed by atoms with Gasteiger partial charge in [0.05, 0.1) is 0 Å². The molecule has 0 aliphatic carbocycles. The number of nitrogens with one attached hydrogen (secondary N) is 1. The number of amides is 1. The summed E-state index contributed by atoms with van der Waals surface area (Å²) in [7, 11) is 0. The van der Waals surface area contributed by atoms with Crippen LogP contribution in [0.3, 0.4) is 0 Å². The monoisotopic (exact) mass is 219 g/mol. The van der Waals surface area contributed by atoms with Gasteiger partial charge in [-0.25, -0.2) is 0 Å². The predicted octanol–water partition coefficient (Wildman–Crippen LogP) is 1.15. The van der Waals surface area contributed by atoms with Gasteiger partial charge in [0.1, 0.15) is 12.2 Å². The third-order valence-electron chi connectivity index (χ3n) is 1.51. The first kappa shape index (κ1) is 11.3. The first-order valence-electron chi connectivity index (χ1n) is 3.95. The summed E-state index contributed by atoms with van der Waals surface area (Å²) in [5, 5.41) is 2.11. The number of halogens is 3. The van der Waals surface area contributed by atoms with Crippen LogP contribution in [0.4, 0.5) is 18.9 Å². The second-order valence-electron chi connectivity index (χ2n) is 2.76. The van der Waals surface area contributed by atoms with E-state index in [9.17, 15) is 18.0 Å². The summed E-state index contributed by atoms with van der Waals surface area (Å²) in [6.45, 7) is -1.17. The molecule has 0 bridgehead atoms. The summed E-state index contributed by atoms with van der Waals surface area (Å²) in [5.41, 5.74) is 4.98. The van der Waals surface area contributed by atoms with E-state index in [0.717, 1.165) is 6.07 Å². The van der Waals surface area contributed by atoms with Crippen LogP contribution in [-0.2, 0) is 0 Å². The highest BCUT2D eigenvalue weighted by atomic mass is 19.4. The van der Waals surface area contributed by atoms with Gasteiger partial charge in [-0.05, 0) is 12.1 Å². The van der Waals surface area contributed by atoms with Gasteiger partial charge < -0.3 is 11.1 Å². The van der Waals surface area contributed by atoms with Gasteiger partial charge in [0.15, 0.2) is 0 Å². The highest BCUT2D eigenvalue weighted by Gasteiger charge is 2.26. The number of nitrogens with two attached hydrogens (primary N) is 1. The van der Waals surface area contributed by atoms with Crippen molar-refractivity contribution < 1.29 is 18.0 Å². The molecule has 0 aliphatic rings. The van der Waals surface area contributed by atoms with Crippen LogP contribution in [0.2, 0.25) is 0 Å². The zero-order chi connectivity index (χ0) is 11.5. The lowest BCUT2D eigenvalue weighted by Crippen LogP contribution is -2.21. The van der Waals surface area contributed by atoms with Crippen molar-refractivity contribution in [3.63, 3.8) is 0 Å². The summed E-state index contributed by atoms with van der Waals surface area (Å²) in [6.07, 6.45) is -3.10. The number of hydrogen-bond acceptors (Lipinski definition) is 3. The fourth-order valence-electron chi connectivity index (χ4n) is 0.878. The molecule has 1 rings (SSSR count). The molecule has 0 atom stereocenters. The summed E-state index contributed by atoms with van der Waals surface area (Å²) in [6, 6.07) is 2.48. The molecule has 7 heteroatoms. The Hall–Kier alpha value is -1.79. The van der Waals surface area contributed by atoms with Crippen molar-refractivity contribution in [3.8, 4) is 0 Å². The molecule has 1 aromatic heterocycles. The molecular weight excluding hydrogens is 211 g/mol. The number of alkyl halides is 3. The van der Waals surface area contributed by atoms with Gasteiger partial charge in [-0.2, -0.15) is 13.2 Å². The van der Waals surface area contributed by atoms with Crippen LogP contribution in [-0.4, -0.2) is 23.6 Å². The first-order chi connectivity index (χ1) is 6.88. The molecule has 0 aliphatic heterocycles. The van der Waals surface area contributed by atoms with E-state index in [1.54, 1.807) is 0 Å². The van der Waals surface area contributed by atoms with Crippen molar-refractivity contribution in [3.05, 3.63) is 24.0 Å². The highest BCUT2D eigenvalue weighted by Crippen LogP contribution is 2.16. The van der Waals surface area contributed by atoms with E-state index >= 15 is 0 Å². The molecular formula is C8H8F3N3O. The van der Waals surface area contributed by atoms with Crippen molar-refractivity contribution in [2.45, 2.75) is 6.18 Å². The molecule has 0 fully saturated rings. The molecule has 82 valence electrons. The maximum absolute atomic E-state index is 11.8. The quantitative estimate of drug-likeness (QED) is 0.801. The molecule has 1 aromatic rings. The Morgan fingerprint density at radius 2 is 2.20 bits per heavy atom. The number of primary amides is 1. The Balaban J connectivity index is 2.70. The Bertz CT molecular complexity index is 364. The Kier molecular flexibility index (Phi) is 3.13. The van der Waals surface area contributed by atoms with Crippen LogP contribution >= 0.6 is 0 Å². The smallest absolute Gasteiger partial charge is 0.376 e. The lowest BCUT2D eigenvalue weighted by molar-refractivity contribution is -0.115. The molecule has 0 aromatic carbocycles. The van der Waals surface area contributed by atoms with Crippen LogP contribution in [0.5, 0.6) is 0 Å². The summed E-state index contributed by atoms with van der Waals surface area (Å²) in [5.74, 6) is -0.786. The predicted molar refractivity (Wildman–Crippen MR) is 47.3 cm³/mol. The molecule has 1 amide bonds. The zero-order valence-electron chi connectivity index (χ0n) is 7.51. The molecule has 0 saturated carbocycles. The van der Waals surface area contributed by atoms with E-state index in [2.05, 4.69) is 10.3 Å². The molecule has 4 nitrogen and oxygen atoms in total. The minimum Gasteiger partial charge on any atom is -0.376 e. The van der Waals surface area contributed by atoms with E-state index in [-0.39, 0.29) is 11.4 Å². The maximum Gasteiger partial charge on any atom is 0.405 e. The highest BCUT2D eigenvalue weighted by molar-refractivity contribution is 5.91. The van der Waals surface area contributed by atoms with Gasteiger partial charge in [-0.1, -0.05) is 0 Å². The van der Waals surface area contributed by atoms with Gasteiger partial charge in [-0.3, -0.25) is 9.78 Å². The second kappa shape index (κ2) is 4.16. The topological polar surface area (TPSA) is 68.0 Å². The molecule has 1 heterocycles. The third kappa shape index (κ3) is 3.84. The lowest BCUT2D eigenvalue weighted by Gasteiger charge is -2.09. The van der Waals surface area contributed by atoms with Crippen molar-refractivity contribution >= 4 is 11.6 Å². The van der Waals surface area contributed by atoms with Gasteiger partial charge in [0.2, 0.25) is 0 Å². The summed E-state index contributed by atoms with van der Waals surface area (Å²) < 4.78 is 35.5. The molecule has 0 spiro atoms. The minimum absolute atomic E-state index is 0.0813. The fourth-order valence-corrected chi connectivity index (χ4v) is 0.878. The van der Waals surface area contributed by atoms with Gasteiger partial charge in [-0.15, -0.1) is 0 Å². The maximum atomic E-state index is 11.8. The van der Waals surface area contributed by atoms with Gasteiger partial charge in [0.25, 0.3) is 5.91 Å². The number of carbonyl (C=O) groups is 1. The number of rotatable bonds is 3. The third-order valence-corrected chi connectivity index (χ3v) is 1.51. The molecule has 0 saturated heterocycles. The Morgan fingerprint density at radius 1 is 1.53 bits per heavy atom. The summed E-state index contributed by atoms with van der Waals surface area (Å²) >= 11 is 0. The van der Waals surface area contributed by atoms with Crippen molar-refractivity contribution in [2.75, 3.05) is 11.9 Å². The minimum atomic E-state index is -4.31. The van der Waals surface area contributed by atoms with E-state index in [1.807, 2.05) is 0 Å². The lowest BCUT2D eigenvalue weighted by atomic mass is 10.3. The molecule has 0 unspecified atom stereocenters. The van der Waals surface area contributed by atoms with E-state index in [0.29, 0.717) is 0 Å². The van der Waals surface area contributed by atoms with Crippen LogP contribution in [0.15, 0.2) is 18.3 Å². The number of anilines is 1.